The molecule has 0 saturated carbocycles. The van der Waals surface area contributed by atoms with Crippen LogP contribution in [0.3, 0.4) is 0 Å². The zero-order chi connectivity index (χ0) is 9.72. The van der Waals surface area contributed by atoms with E-state index in [2.05, 4.69) is 12.6 Å². The molecule has 12 heavy (non-hydrogen) atoms. The van der Waals surface area contributed by atoms with Crippen molar-refractivity contribution < 1.29 is 20.4 Å². The Balaban J connectivity index is 3.99. The van der Waals surface area contributed by atoms with Gasteiger partial charge in [-0.15, -0.1) is 0 Å². The first-order chi connectivity index (χ1) is 5.54. The molecule has 0 rings (SSSR count). The molecule has 4 nitrogen and oxygen atoms in total. The quantitative estimate of drug-likeness (QED) is 0.357. The van der Waals surface area contributed by atoms with Gasteiger partial charge in [-0.05, 0) is 6.42 Å². The third-order valence-corrected chi connectivity index (χ3v) is 2.39. The van der Waals surface area contributed by atoms with Gasteiger partial charge in [0, 0.05) is 0 Å². The summed E-state index contributed by atoms with van der Waals surface area (Å²) in [4.78, 5) is 0. The van der Waals surface area contributed by atoms with Gasteiger partial charge in [-0.25, -0.2) is 0 Å². The molecule has 0 spiro atoms. The van der Waals surface area contributed by atoms with Gasteiger partial charge in [-0.1, -0.05) is 6.92 Å². The summed E-state index contributed by atoms with van der Waals surface area (Å²) >= 11 is 3.92. The molecular weight excluding hydrogens is 180 g/mol. The second-order valence-corrected chi connectivity index (χ2v) is 3.30. The van der Waals surface area contributed by atoms with E-state index in [0.29, 0.717) is 6.42 Å². The Morgan fingerprint density at radius 2 is 1.67 bits per heavy atom. The topological polar surface area (TPSA) is 80.9 Å². The monoisotopic (exact) mass is 196 g/mol. The van der Waals surface area contributed by atoms with Crippen molar-refractivity contribution in [2.75, 3.05) is 6.61 Å². The van der Waals surface area contributed by atoms with E-state index < -0.39 is 30.2 Å². The maximum Gasteiger partial charge on any atom is 0.104 e. The number of hydrogen-bond donors (Lipinski definition) is 5. The van der Waals surface area contributed by atoms with Crippen LogP contribution in [-0.2, 0) is 0 Å². The summed E-state index contributed by atoms with van der Waals surface area (Å²) < 4.78 is 0. The lowest BCUT2D eigenvalue weighted by Gasteiger charge is -2.25. The van der Waals surface area contributed by atoms with E-state index in [1.165, 1.54) is 0 Å². The molecule has 0 aliphatic carbocycles. The van der Waals surface area contributed by atoms with E-state index in [9.17, 15) is 10.2 Å². The normalized spacial score (nSPS) is 21.5. The Morgan fingerprint density at radius 3 is 2.00 bits per heavy atom. The fraction of sp³-hybridized carbons (Fsp3) is 1.00. The molecule has 0 bridgehead atoms. The van der Waals surface area contributed by atoms with E-state index in [0.717, 1.165) is 0 Å². The van der Waals surface area contributed by atoms with Crippen LogP contribution in [-0.4, -0.2) is 50.6 Å². The average Bonchev–Trinajstić information content (AvgIpc) is 2.12. The van der Waals surface area contributed by atoms with Crippen LogP contribution < -0.4 is 0 Å². The Labute approximate surface area is 77.3 Å². The lowest BCUT2D eigenvalue weighted by Crippen LogP contribution is -2.42. The molecule has 1 unspecified atom stereocenters. The highest BCUT2D eigenvalue weighted by atomic mass is 32.1. The summed E-state index contributed by atoms with van der Waals surface area (Å²) in [6.45, 7) is 1.21. The fourth-order valence-electron chi connectivity index (χ4n) is 0.805. The van der Waals surface area contributed by atoms with Crippen molar-refractivity contribution in [1.29, 1.82) is 0 Å². The predicted octanol–water partition coefficient (Wildman–Crippen LogP) is -1.23. The summed E-state index contributed by atoms with van der Waals surface area (Å²) in [7, 11) is 0. The minimum Gasteiger partial charge on any atom is -0.394 e. The fourth-order valence-corrected chi connectivity index (χ4v) is 1.21. The molecule has 74 valence electrons. The predicted molar refractivity (Wildman–Crippen MR) is 48.2 cm³/mol. The number of thiol groups is 1. The summed E-state index contributed by atoms with van der Waals surface area (Å²) in [5, 5.41) is 35.2. The maximum absolute atomic E-state index is 9.24. The van der Waals surface area contributed by atoms with E-state index in [-0.39, 0.29) is 0 Å². The zero-order valence-electron chi connectivity index (χ0n) is 6.96. The average molecular weight is 196 g/mol. The van der Waals surface area contributed by atoms with E-state index in [4.69, 9.17) is 10.2 Å². The molecule has 0 aromatic carbocycles. The van der Waals surface area contributed by atoms with Crippen LogP contribution >= 0.6 is 12.6 Å². The van der Waals surface area contributed by atoms with Gasteiger partial charge >= 0.3 is 0 Å². The second kappa shape index (κ2) is 5.77. The first-order valence-corrected chi connectivity index (χ1v) is 4.39. The molecule has 4 N–H and O–H groups in total. The SMILES string of the molecule is CCC(O)[C@H](S)[C@H](O)[C@H](O)CO. The van der Waals surface area contributed by atoms with Crippen molar-refractivity contribution in [2.24, 2.45) is 0 Å². The third kappa shape index (κ3) is 3.28. The number of rotatable bonds is 5. The number of hydrogen-bond acceptors (Lipinski definition) is 5. The summed E-state index contributed by atoms with van der Waals surface area (Å²) in [6.07, 6.45) is -2.77. The highest BCUT2D eigenvalue weighted by Gasteiger charge is 2.27. The molecule has 0 aliphatic rings. The second-order valence-electron chi connectivity index (χ2n) is 2.71. The van der Waals surface area contributed by atoms with Gasteiger partial charge in [0.2, 0.25) is 0 Å². The molecule has 5 heteroatoms. The first-order valence-electron chi connectivity index (χ1n) is 3.87. The van der Waals surface area contributed by atoms with E-state index in [1.807, 2.05) is 0 Å². The molecule has 0 aromatic rings. The minimum absolute atomic E-state index is 0.448. The van der Waals surface area contributed by atoms with Gasteiger partial charge in [0.25, 0.3) is 0 Å². The van der Waals surface area contributed by atoms with E-state index in [1.54, 1.807) is 6.92 Å². The van der Waals surface area contributed by atoms with Crippen LogP contribution in [0.4, 0.5) is 0 Å². The summed E-state index contributed by atoms with van der Waals surface area (Å²) in [6, 6.07) is 0. The van der Waals surface area contributed by atoms with Gasteiger partial charge in [0.1, 0.15) is 6.10 Å². The van der Waals surface area contributed by atoms with Gasteiger partial charge < -0.3 is 20.4 Å². The largest absolute Gasteiger partial charge is 0.394 e. The molecule has 4 atom stereocenters. The lowest BCUT2D eigenvalue weighted by atomic mass is 10.0. The van der Waals surface area contributed by atoms with Crippen molar-refractivity contribution in [2.45, 2.75) is 36.9 Å². The van der Waals surface area contributed by atoms with Crippen LogP contribution in [0.15, 0.2) is 0 Å². The molecule has 0 amide bonds. The Bertz CT molecular complexity index is 108. The van der Waals surface area contributed by atoms with Gasteiger partial charge in [-0.3, -0.25) is 0 Å². The van der Waals surface area contributed by atoms with E-state index >= 15 is 0 Å². The first kappa shape index (κ1) is 12.2. The Kier molecular flexibility index (Phi) is 5.86. The molecule has 0 fully saturated rings. The highest BCUT2D eigenvalue weighted by molar-refractivity contribution is 7.81. The summed E-state index contributed by atoms with van der Waals surface area (Å²) in [5.41, 5.74) is 0. The zero-order valence-corrected chi connectivity index (χ0v) is 7.85. The van der Waals surface area contributed by atoms with Crippen LogP contribution in [0.2, 0.25) is 0 Å². The molecule has 0 aliphatic heterocycles. The molecule has 0 heterocycles. The summed E-state index contributed by atoms with van der Waals surface area (Å²) in [5.74, 6) is 0. The Morgan fingerprint density at radius 1 is 1.17 bits per heavy atom. The van der Waals surface area contributed by atoms with Crippen LogP contribution in [0.5, 0.6) is 0 Å². The van der Waals surface area contributed by atoms with Gasteiger partial charge in [0.05, 0.1) is 24.1 Å². The van der Waals surface area contributed by atoms with Crippen molar-refractivity contribution in [1.82, 2.24) is 0 Å². The van der Waals surface area contributed by atoms with Crippen molar-refractivity contribution >= 4 is 12.6 Å². The highest BCUT2D eigenvalue weighted by Crippen LogP contribution is 2.13. The third-order valence-electron chi connectivity index (χ3n) is 1.74. The van der Waals surface area contributed by atoms with Crippen molar-refractivity contribution in [3.8, 4) is 0 Å². The lowest BCUT2D eigenvalue weighted by molar-refractivity contribution is -0.0317. The standard InChI is InChI=1S/C7H16O4S/c1-2-4(9)7(12)6(11)5(10)3-8/h4-12H,2-3H2,1H3/t4?,5-,6-,7+/m1/s1. The van der Waals surface area contributed by atoms with Gasteiger partial charge in [-0.2, -0.15) is 12.6 Å². The van der Waals surface area contributed by atoms with Gasteiger partial charge in [0.15, 0.2) is 0 Å². The van der Waals surface area contributed by atoms with Crippen LogP contribution in [0, 0.1) is 0 Å². The molecule has 0 radical (unpaired) electrons. The van der Waals surface area contributed by atoms with Crippen LogP contribution in [0.1, 0.15) is 13.3 Å². The smallest absolute Gasteiger partial charge is 0.104 e. The minimum atomic E-state index is -1.24. The number of aliphatic hydroxyl groups is 4. The molecular formula is C7H16O4S. The van der Waals surface area contributed by atoms with Crippen molar-refractivity contribution in [3.63, 3.8) is 0 Å². The molecule has 0 saturated heterocycles. The Hall–Kier alpha value is 0.190. The number of aliphatic hydroxyl groups excluding tert-OH is 4. The maximum atomic E-state index is 9.24. The molecule has 0 aromatic heterocycles. The van der Waals surface area contributed by atoms with Crippen LogP contribution in [0.25, 0.3) is 0 Å². The van der Waals surface area contributed by atoms with Crippen molar-refractivity contribution in [3.05, 3.63) is 0 Å².